The van der Waals surface area contributed by atoms with Gasteiger partial charge in [-0.25, -0.2) is 0 Å². The molecule has 1 N–H and O–H groups in total. The molecule has 0 unspecified atom stereocenters. The van der Waals surface area contributed by atoms with E-state index in [0.717, 1.165) is 20.0 Å². The van der Waals surface area contributed by atoms with E-state index >= 15 is 0 Å². The number of carbonyl (C=O) groups excluding carboxylic acids is 1. The Morgan fingerprint density at radius 3 is 2.88 bits per heavy atom. The Morgan fingerprint density at radius 2 is 2.04 bits per heavy atom. The Hall–Kier alpha value is -2.58. The fraction of sp³-hybridized carbons (Fsp3) is 0. The summed E-state index contributed by atoms with van der Waals surface area (Å²) in [7, 11) is 0. The van der Waals surface area contributed by atoms with Crippen molar-refractivity contribution in [3.63, 3.8) is 0 Å². The van der Waals surface area contributed by atoms with Gasteiger partial charge in [0, 0.05) is 21.3 Å². The van der Waals surface area contributed by atoms with E-state index in [1.165, 1.54) is 11.3 Å². The molecule has 2 heterocycles. The maximum atomic E-state index is 12.3. The van der Waals surface area contributed by atoms with Gasteiger partial charge in [0.2, 0.25) is 4.96 Å². The van der Waals surface area contributed by atoms with Crippen LogP contribution in [-0.4, -0.2) is 25.7 Å². The van der Waals surface area contributed by atoms with Crippen LogP contribution in [0.25, 0.3) is 15.5 Å². The lowest BCUT2D eigenvalue weighted by atomic mass is 10.2. The number of halogens is 1. The molecule has 0 bridgehead atoms. The third kappa shape index (κ3) is 2.93. The normalized spacial score (nSPS) is 10.9. The van der Waals surface area contributed by atoms with Crippen molar-refractivity contribution < 1.29 is 4.79 Å². The van der Waals surface area contributed by atoms with Crippen molar-refractivity contribution >= 4 is 43.8 Å². The average molecular weight is 400 g/mol. The molecule has 0 radical (unpaired) electrons. The van der Waals surface area contributed by atoms with Crippen LogP contribution < -0.4 is 5.32 Å². The van der Waals surface area contributed by atoms with E-state index in [0.29, 0.717) is 11.3 Å². The fourth-order valence-electron chi connectivity index (χ4n) is 2.24. The quantitative estimate of drug-likeness (QED) is 0.567. The first-order valence-electron chi connectivity index (χ1n) is 7.03. The molecule has 4 aromatic rings. The smallest absolute Gasteiger partial charge is 0.255 e. The average Bonchev–Trinajstić information content (AvgIpc) is 3.17. The van der Waals surface area contributed by atoms with Gasteiger partial charge in [-0.05, 0) is 30.3 Å². The molecule has 0 fully saturated rings. The van der Waals surface area contributed by atoms with Crippen LogP contribution in [-0.2, 0) is 0 Å². The number of amides is 1. The second-order valence-corrected chi connectivity index (χ2v) is 6.88. The van der Waals surface area contributed by atoms with Crippen LogP contribution in [0.5, 0.6) is 0 Å². The molecule has 0 aliphatic heterocycles. The molecule has 0 saturated carbocycles. The highest BCUT2D eigenvalue weighted by atomic mass is 79.9. The van der Waals surface area contributed by atoms with Crippen LogP contribution in [0, 0.1) is 0 Å². The SMILES string of the molecule is O=C(Nc1cccc(-c2nn3cnnc3s2)c1)c1cccc(Br)c1. The van der Waals surface area contributed by atoms with Gasteiger partial charge in [-0.2, -0.15) is 9.61 Å². The summed E-state index contributed by atoms with van der Waals surface area (Å²) in [5, 5.41) is 15.9. The van der Waals surface area contributed by atoms with Crippen molar-refractivity contribution in [2.75, 3.05) is 5.32 Å². The number of fused-ring (bicyclic) bond motifs is 1. The molecule has 0 atom stereocenters. The van der Waals surface area contributed by atoms with Gasteiger partial charge < -0.3 is 5.32 Å². The molecule has 0 aliphatic rings. The van der Waals surface area contributed by atoms with Gasteiger partial charge in [0.25, 0.3) is 5.91 Å². The number of nitrogens with zero attached hydrogens (tertiary/aromatic N) is 4. The van der Waals surface area contributed by atoms with E-state index in [9.17, 15) is 4.79 Å². The lowest BCUT2D eigenvalue weighted by Gasteiger charge is -2.06. The summed E-state index contributed by atoms with van der Waals surface area (Å²) in [4.78, 5) is 13.1. The Labute approximate surface area is 149 Å². The van der Waals surface area contributed by atoms with Gasteiger partial charge in [-0.3, -0.25) is 4.79 Å². The summed E-state index contributed by atoms with van der Waals surface area (Å²) in [6.45, 7) is 0. The van der Waals surface area contributed by atoms with E-state index in [-0.39, 0.29) is 5.91 Å². The van der Waals surface area contributed by atoms with Crippen LogP contribution in [0.3, 0.4) is 0 Å². The number of hydrogen-bond donors (Lipinski definition) is 1. The van der Waals surface area contributed by atoms with E-state index in [2.05, 4.69) is 36.5 Å². The van der Waals surface area contributed by atoms with Crippen molar-refractivity contribution in [2.24, 2.45) is 0 Å². The van der Waals surface area contributed by atoms with Gasteiger partial charge >= 0.3 is 0 Å². The molecule has 2 aromatic heterocycles. The number of hydrogen-bond acceptors (Lipinski definition) is 5. The predicted molar refractivity (Wildman–Crippen MR) is 96.2 cm³/mol. The zero-order chi connectivity index (χ0) is 16.5. The van der Waals surface area contributed by atoms with Crippen LogP contribution in [0.2, 0.25) is 0 Å². The lowest BCUT2D eigenvalue weighted by molar-refractivity contribution is 0.102. The van der Waals surface area contributed by atoms with E-state index in [4.69, 9.17) is 0 Å². The maximum absolute atomic E-state index is 12.3. The summed E-state index contributed by atoms with van der Waals surface area (Å²) >= 11 is 4.81. The maximum Gasteiger partial charge on any atom is 0.255 e. The number of anilines is 1. The molecule has 24 heavy (non-hydrogen) atoms. The van der Waals surface area contributed by atoms with Crippen LogP contribution in [0.1, 0.15) is 10.4 Å². The fourth-order valence-corrected chi connectivity index (χ4v) is 3.45. The molecule has 2 aromatic carbocycles. The number of carbonyl (C=O) groups is 1. The number of rotatable bonds is 3. The molecule has 6 nitrogen and oxygen atoms in total. The Kier molecular flexibility index (Phi) is 3.83. The second-order valence-electron chi connectivity index (χ2n) is 5.01. The van der Waals surface area contributed by atoms with Crippen molar-refractivity contribution in [3.05, 3.63) is 64.9 Å². The Balaban J connectivity index is 1.60. The molecule has 4 rings (SSSR count). The Morgan fingerprint density at radius 1 is 1.17 bits per heavy atom. The first kappa shape index (κ1) is 15.0. The summed E-state index contributed by atoms with van der Waals surface area (Å²) in [6.07, 6.45) is 1.56. The van der Waals surface area contributed by atoms with Gasteiger partial charge in [0.1, 0.15) is 11.3 Å². The van der Waals surface area contributed by atoms with E-state index in [1.807, 2.05) is 36.4 Å². The molecule has 118 valence electrons. The molecule has 8 heteroatoms. The summed E-state index contributed by atoms with van der Waals surface area (Å²) < 4.78 is 2.50. The molecule has 0 aliphatic carbocycles. The summed E-state index contributed by atoms with van der Waals surface area (Å²) in [5.74, 6) is -0.161. The zero-order valence-corrected chi connectivity index (χ0v) is 14.6. The van der Waals surface area contributed by atoms with Gasteiger partial charge in [-0.1, -0.05) is 45.5 Å². The van der Waals surface area contributed by atoms with Crippen molar-refractivity contribution in [2.45, 2.75) is 0 Å². The van der Waals surface area contributed by atoms with Gasteiger partial charge in [-0.15, -0.1) is 10.2 Å². The van der Waals surface area contributed by atoms with Crippen molar-refractivity contribution in [1.82, 2.24) is 19.8 Å². The van der Waals surface area contributed by atoms with Crippen LogP contribution in [0.15, 0.2) is 59.3 Å². The van der Waals surface area contributed by atoms with E-state index < -0.39 is 0 Å². The molecule has 0 spiro atoms. The standard InChI is InChI=1S/C16H10BrN5OS/c17-12-5-1-3-10(7-12)14(23)19-13-6-2-4-11(8-13)15-21-22-9-18-20-16(22)24-15/h1-9H,(H,19,23). The first-order chi connectivity index (χ1) is 11.7. The van der Waals surface area contributed by atoms with E-state index in [1.54, 1.807) is 23.0 Å². The van der Waals surface area contributed by atoms with Gasteiger partial charge in [0.05, 0.1) is 0 Å². The largest absolute Gasteiger partial charge is 0.322 e. The topological polar surface area (TPSA) is 72.2 Å². The minimum Gasteiger partial charge on any atom is -0.322 e. The van der Waals surface area contributed by atoms with Crippen molar-refractivity contribution in [3.8, 4) is 10.6 Å². The zero-order valence-electron chi connectivity index (χ0n) is 12.2. The van der Waals surface area contributed by atoms with Crippen LogP contribution in [0.4, 0.5) is 5.69 Å². The van der Waals surface area contributed by atoms with Crippen molar-refractivity contribution in [1.29, 1.82) is 0 Å². The molecular weight excluding hydrogens is 390 g/mol. The first-order valence-corrected chi connectivity index (χ1v) is 8.64. The van der Waals surface area contributed by atoms with Crippen LogP contribution >= 0.6 is 27.3 Å². The number of aromatic nitrogens is 4. The minimum absolute atomic E-state index is 0.161. The molecule has 0 saturated heterocycles. The Bertz CT molecular complexity index is 1010. The number of nitrogens with one attached hydrogen (secondary N) is 1. The minimum atomic E-state index is -0.161. The summed E-state index contributed by atoms with van der Waals surface area (Å²) in [5.41, 5.74) is 2.22. The highest BCUT2D eigenvalue weighted by Gasteiger charge is 2.10. The number of benzene rings is 2. The second kappa shape index (κ2) is 6.14. The predicted octanol–water partition coefficient (Wildman–Crippen LogP) is 3.87. The highest BCUT2D eigenvalue weighted by Crippen LogP contribution is 2.27. The monoisotopic (exact) mass is 399 g/mol. The lowest BCUT2D eigenvalue weighted by Crippen LogP contribution is -2.11. The molecule has 1 amide bonds. The summed E-state index contributed by atoms with van der Waals surface area (Å²) in [6, 6.07) is 14.8. The highest BCUT2D eigenvalue weighted by molar-refractivity contribution is 9.10. The third-order valence-corrected chi connectivity index (χ3v) is 4.80. The third-order valence-electron chi connectivity index (χ3n) is 3.34. The van der Waals surface area contributed by atoms with Gasteiger partial charge in [0.15, 0.2) is 0 Å². The molecular formula is C16H10BrN5OS.